The molecule has 2 atom stereocenters. The van der Waals surface area contributed by atoms with Crippen LogP contribution in [0.1, 0.15) is 31.2 Å². The van der Waals surface area contributed by atoms with Crippen LogP contribution in [0.25, 0.3) is 0 Å². The molecule has 8 heteroatoms. The summed E-state index contributed by atoms with van der Waals surface area (Å²) in [6.07, 6.45) is 5.51. The maximum absolute atomic E-state index is 11.8. The molecule has 0 radical (unpaired) electrons. The van der Waals surface area contributed by atoms with Crippen molar-refractivity contribution < 1.29 is 14.8 Å². The fraction of sp³-hybridized carbons (Fsp3) is 0.375. The molecule has 7 nitrogen and oxygen atoms in total. The van der Waals surface area contributed by atoms with Gasteiger partial charge in [-0.1, -0.05) is 0 Å². The molecule has 126 valence electrons. The molecule has 0 unspecified atom stereocenters. The summed E-state index contributed by atoms with van der Waals surface area (Å²) in [5.74, 6) is -1.18. The molecule has 0 spiro atoms. The molecule has 1 heterocycles. The molecule has 1 aromatic rings. The number of carbonyl (C=O) groups is 1. The predicted molar refractivity (Wildman–Crippen MR) is 91.9 cm³/mol. The standard InChI is InChI=1S/C16H17N3O4S/c17-15(21)14-10-3-1-2-4-13(10)24-16(14)18-8-9-5-6-12(20)11(7-9)19(22)23/h5-8,14,16,20H,1-4H2,(H2,17,21)/t14-,16+/m0/s1. The van der Waals surface area contributed by atoms with Crippen molar-refractivity contribution in [2.75, 3.05) is 0 Å². The van der Waals surface area contributed by atoms with E-state index in [0.29, 0.717) is 5.56 Å². The summed E-state index contributed by atoms with van der Waals surface area (Å²) >= 11 is 1.56. The highest BCUT2D eigenvalue weighted by Gasteiger charge is 2.39. The zero-order valence-electron chi connectivity index (χ0n) is 12.8. The lowest BCUT2D eigenvalue weighted by molar-refractivity contribution is -0.385. The van der Waals surface area contributed by atoms with Gasteiger partial charge in [-0.3, -0.25) is 19.9 Å². The van der Waals surface area contributed by atoms with E-state index >= 15 is 0 Å². The van der Waals surface area contributed by atoms with E-state index in [9.17, 15) is 20.0 Å². The van der Waals surface area contributed by atoms with Crippen molar-refractivity contribution in [1.29, 1.82) is 0 Å². The van der Waals surface area contributed by atoms with Gasteiger partial charge < -0.3 is 10.8 Å². The summed E-state index contributed by atoms with van der Waals surface area (Å²) in [7, 11) is 0. The minimum absolute atomic E-state index is 0.321. The maximum Gasteiger partial charge on any atom is 0.311 e. The zero-order valence-corrected chi connectivity index (χ0v) is 13.7. The molecule has 0 aromatic heterocycles. The molecular formula is C16H17N3O4S. The van der Waals surface area contributed by atoms with E-state index < -0.39 is 10.8 Å². The smallest absolute Gasteiger partial charge is 0.311 e. The van der Waals surface area contributed by atoms with Crippen molar-refractivity contribution in [2.45, 2.75) is 31.1 Å². The van der Waals surface area contributed by atoms with Crippen LogP contribution in [0.15, 0.2) is 33.7 Å². The molecule has 0 fully saturated rings. The number of aromatic hydroxyl groups is 1. The van der Waals surface area contributed by atoms with Crippen molar-refractivity contribution in [3.63, 3.8) is 0 Å². The third kappa shape index (κ3) is 3.14. The molecule has 3 N–H and O–H groups in total. The highest BCUT2D eigenvalue weighted by molar-refractivity contribution is 8.04. The second-order valence-corrected chi connectivity index (χ2v) is 7.04. The topological polar surface area (TPSA) is 119 Å². The van der Waals surface area contributed by atoms with Crippen molar-refractivity contribution in [3.05, 3.63) is 44.4 Å². The van der Waals surface area contributed by atoms with Crippen LogP contribution >= 0.6 is 11.8 Å². The number of nitrogens with two attached hydrogens (primary N) is 1. The van der Waals surface area contributed by atoms with Crippen molar-refractivity contribution >= 4 is 29.6 Å². The molecule has 1 aliphatic carbocycles. The van der Waals surface area contributed by atoms with Gasteiger partial charge in [-0.25, -0.2) is 0 Å². The molecule has 2 aliphatic rings. The number of hydrogen-bond donors (Lipinski definition) is 2. The number of thioether (sulfide) groups is 1. The Morgan fingerprint density at radius 1 is 1.42 bits per heavy atom. The minimum atomic E-state index is -0.649. The van der Waals surface area contributed by atoms with Crippen molar-refractivity contribution in [2.24, 2.45) is 16.6 Å². The first-order chi connectivity index (χ1) is 11.5. The van der Waals surface area contributed by atoms with Crippen LogP contribution < -0.4 is 5.73 Å². The monoisotopic (exact) mass is 347 g/mol. The van der Waals surface area contributed by atoms with Gasteiger partial charge in [0.2, 0.25) is 5.91 Å². The highest BCUT2D eigenvalue weighted by Crippen LogP contribution is 2.49. The number of nitro groups is 1. The Labute approximate surface area is 142 Å². The Bertz CT molecular complexity index is 760. The van der Waals surface area contributed by atoms with Crippen LogP contribution in [0, 0.1) is 16.0 Å². The Kier molecular flexibility index (Phi) is 4.57. The average molecular weight is 347 g/mol. The highest BCUT2D eigenvalue weighted by atomic mass is 32.2. The second-order valence-electron chi connectivity index (χ2n) is 5.83. The third-order valence-electron chi connectivity index (χ3n) is 4.25. The first-order valence-electron chi connectivity index (χ1n) is 7.66. The van der Waals surface area contributed by atoms with E-state index in [2.05, 4.69) is 4.99 Å². The summed E-state index contributed by atoms with van der Waals surface area (Å²) in [6.45, 7) is 0. The van der Waals surface area contributed by atoms with Gasteiger partial charge in [-0.05, 0) is 53.9 Å². The average Bonchev–Trinajstić information content (AvgIpc) is 2.92. The van der Waals surface area contributed by atoms with Crippen LogP contribution in [0.4, 0.5) is 5.69 Å². The molecule has 3 rings (SSSR count). The van der Waals surface area contributed by atoms with Crippen LogP contribution in [-0.4, -0.2) is 27.5 Å². The number of benzene rings is 1. The minimum Gasteiger partial charge on any atom is -0.502 e. The van der Waals surface area contributed by atoms with Gasteiger partial charge in [0, 0.05) is 12.3 Å². The van der Waals surface area contributed by atoms with E-state index in [1.54, 1.807) is 11.8 Å². The van der Waals surface area contributed by atoms with E-state index in [0.717, 1.165) is 31.3 Å². The van der Waals surface area contributed by atoms with E-state index in [1.165, 1.54) is 29.3 Å². The number of allylic oxidation sites excluding steroid dienone is 1. The summed E-state index contributed by atoms with van der Waals surface area (Å²) in [6, 6.07) is 4.05. The fourth-order valence-corrected chi connectivity index (χ4v) is 4.60. The molecule has 0 saturated carbocycles. The second kappa shape index (κ2) is 6.64. The normalized spacial score (nSPS) is 23.5. The Balaban J connectivity index is 1.83. The lowest BCUT2D eigenvalue weighted by Crippen LogP contribution is -2.30. The summed E-state index contributed by atoms with van der Waals surface area (Å²) in [4.78, 5) is 27.7. The number of amides is 1. The molecule has 1 aliphatic heterocycles. The zero-order chi connectivity index (χ0) is 17.3. The van der Waals surface area contributed by atoms with Crippen molar-refractivity contribution in [1.82, 2.24) is 0 Å². The molecular weight excluding hydrogens is 330 g/mol. The number of nitrogens with zero attached hydrogens (tertiary/aromatic N) is 2. The Morgan fingerprint density at radius 3 is 2.88 bits per heavy atom. The van der Waals surface area contributed by atoms with Crippen molar-refractivity contribution in [3.8, 4) is 5.75 Å². The largest absolute Gasteiger partial charge is 0.502 e. The number of rotatable bonds is 4. The first kappa shape index (κ1) is 16.5. The number of phenols is 1. The Morgan fingerprint density at radius 2 is 2.17 bits per heavy atom. The van der Waals surface area contributed by atoms with Gasteiger partial charge >= 0.3 is 5.69 Å². The van der Waals surface area contributed by atoms with E-state index in [-0.39, 0.29) is 22.7 Å². The van der Waals surface area contributed by atoms with Gasteiger partial charge in [0.15, 0.2) is 5.75 Å². The van der Waals surface area contributed by atoms with Gasteiger partial charge in [-0.15, -0.1) is 11.8 Å². The predicted octanol–water partition coefficient (Wildman–Crippen LogP) is 2.72. The molecule has 0 bridgehead atoms. The number of phenolic OH excluding ortho intramolecular Hbond substituents is 1. The summed E-state index contributed by atoms with van der Waals surface area (Å²) < 4.78 is 0. The van der Waals surface area contributed by atoms with Gasteiger partial charge in [0.1, 0.15) is 5.37 Å². The number of primary amides is 1. The lowest BCUT2D eigenvalue weighted by atomic mass is 9.89. The molecule has 1 aromatic carbocycles. The van der Waals surface area contributed by atoms with Crippen LogP contribution in [-0.2, 0) is 4.79 Å². The summed E-state index contributed by atoms with van der Waals surface area (Å²) in [5.41, 5.74) is 6.79. The first-order valence-corrected chi connectivity index (χ1v) is 8.54. The number of aliphatic imine (C=N–C) groups is 1. The van der Waals surface area contributed by atoms with Crippen LogP contribution in [0.3, 0.4) is 0 Å². The van der Waals surface area contributed by atoms with Crippen LogP contribution in [0.5, 0.6) is 5.75 Å². The summed E-state index contributed by atoms with van der Waals surface area (Å²) in [5, 5.41) is 20.0. The van der Waals surface area contributed by atoms with Crippen LogP contribution in [0.2, 0.25) is 0 Å². The van der Waals surface area contributed by atoms with Gasteiger partial charge in [0.25, 0.3) is 0 Å². The molecule has 1 amide bonds. The van der Waals surface area contributed by atoms with Gasteiger partial charge in [0.05, 0.1) is 10.8 Å². The number of nitro benzene ring substituents is 1. The Hall–Kier alpha value is -2.35. The fourth-order valence-electron chi connectivity index (χ4n) is 3.11. The maximum atomic E-state index is 11.8. The third-order valence-corrected chi connectivity index (χ3v) is 5.64. The molecule has 24 heavy (non-hydrogen) atoms. The molecule has 0 saturated heterocycles. The van der Waals surface area contributed by atoms with E-state index in [1.807, 2.05) is 0 Å². The number of hydrogen-bond acceptors (Lipinski definition) is 6. The van der Waals surface area contributed by atoms with E-state index in [4.69, 9.17) is 5.73 Å². The lowest BCUT2D eigenvalue weighted by Gasteiger charge is -2.17. The quantitative estimate of drug-likeness (QED) is 0.493. The van der Waals surface area contributed by atoms with Gasteiger partial charge in [-0.2, -0.15) is 0 Å². The number of carbonyl (C=O) groups excluding carboxylic acids is 1. The SMILES string of the molecule is NC(=O)[C@@H]1C2=C(CCCC2)S[C@H]1N=Cc1ccc(O)c([N+](=O)[O-])c1.